The average Bonchev–Trinajstić information content (AvgIpc) is 2.37. The highest BCUT2D eigenvalue weighted by Crippen LogP contribution is 2.30. The summed E-state index contributed by atoms with van der Waals surface area (Å²) in [6, 6.07) is 0.271. The third-order valence-corrected chi connectivity index (χ3v) is 3.53. The minimum atomic E-state index is -0.597. The zero-order valence-electron chi connectivity index (χ0n) is 11.2. The molecule has 1 fully saturated rings. The van der Waals surface area contributed by atoms with E-state index in [0.717, 1.165) is 6.42 Å². The van der Waals surface area contributed by atoms with Crippen LogP contribution in [0.4, 0.5) is 0 Å². The van der Waals surface area contributed by atoms with Crippen molar-refractivity contribution in [1.82, 2.24) is 5.32 Å². The van der Waals surface area contributed by atoms with Crippen molar-refractivity contribution in [2.75, 3.05) is 19.8 Å². The van der Waals surface area contributed by atoms with Crippen molar-refractivity contribution in [1.29, 1.82) is 0 Å². The van der Waals surface area contributed by atoms with Gasteiger partial charge in [0.25, 0.3) is 0 Å². The van der Waals surface area contributed by atoms with Crippen LogP contribution in [0.2, 0.25) is 0 Å². The SMILES string of the molecule is CCC(C)NC(N)=NCC1(C(N)=O)CCOCC1. The summed E-state index contributed by atoms with van der Waals surface area (Å²) < 4.78 is 5.26. The van der Waals surface area contributed by atoms with Gasteiger partial charge in [0.05, 0.1) is 12.0 Å². The summed E-state index contributed by atoms with van der Waals surface area (Å²) in [5.74, 6) is 0.0577. The fourth-order valence-corrected chi connectivity index (χ4v) is 1.88. The first-order valence-corrected chi connectivity index (χ1v) is 6.44. The van der Waals surface area contributed by atoms with Gasteiger partial charge >= 0.3 is 0 Å². The van der Waals surface area contributed by atoms with Crippen LogP contribution in [0.1, 0.15) is 33.1 Å². The summed E-state index contributed by atoms with van der Waals surface area (Å²) in [6.45, 7) is 5.53. The summed E-state index contributed by atoms with van der Waals surface area (Å²) in [6.07, 6.45) is 2.19. The summed E-state index contributed by atoms with van der Waals surface area (Å²) in [7, 11) is 0. The van der Waals surface area contributed by atoms with Gasteiger partial charge in [0.2, 0.25) is 5.91 Å². The number of nitrogens with two attached hydrogens (primary N) is 2. The van der Waals surface area contributed by atoms with Crippen LogP contribution in [0.3, 0.4) is 0 Å². The molecule has 5 N–H and O–H groups in total. The highest BCUT2D eigenvalue weighted by molar-refractivity contribution is 5.82. The van der Waals surface area contributed by atoms with Gasteiger partial charge in [-0.15, -0.1) is 0 Å². The molecule has 1 atom stereocenters. The van der Waals surface area contributed by atoms with Crippen molar-refractivity contribution in [3.05, 3.63) is 0 Å². The van der Waals surface area contributed by atoms with E-state index in [0.29, 0.717) is 38.6 Å². The van der Waals surface area contributed by atoms with Gasteiger partial charge in [-0.05, 0) is 26.2 Å². The van der Waals surface area contributed by atoms with Crippen LogP contribution in [0, 0.1) is 5.41 Å². The Morgan fingerprint density at radius 2 is 2.06 bits per heavy atom. The molecule has 1 amide bonds. The Hall–Kier alpha value is -1.30. The van der Waals surface area contributed by atoms with Crippen LogP contribution in [0.5, 0.6) is 0 Å². The van der Waals surface area contributed by atoms with Crippen molar-refractivity contribution in [3.63, 3.8) is 0 Å². The highest BCUT2D eigenvalue weighted by Gasteiger charge is 2.38. The first-order chi connectivity index (χ1) is 8.50. The van der Waals surface area contributed by atoms with E-state index < -0.39 is 5.41 Å². The Labute approximate surface area is 108 Å². The van der Waals surface area contributed by atoms with E-state index in [4.69, 9.17) is 16.2 Å². The molecule has 1 aliphatic rings. The summed E-state index contributed by atoms with van der Waals surface area (Å²) >= 11 is 0. The zero-order chi connectivity index (χ0) is 13.6. The third-order valence-electron chi connectivity index (χ3n) is 3.53. The first kappa shape index (κ1) is 14.8. The Kier molecular flexibility index (Phi) is 5.40. The number of amides is 1. The number of carbonyl (C=O) groups is 1. The number of guanidine groups is 1. The molecule has 0 aromatic carbocycles. The lowest BCUT2D eigenvalue weighted by molar-refractivity contribution is -0.132. The topological polar surface area (TPSA) is 103 Å². The molecule has 0 aliphatic carbocycles. The number of hydrogen-bond donors (Lipinski definition) is 3. The van der Waals surface area contributed by atoms with Gasteiger partial charge in [-0.1, -0.05) is 6.92 Å². The van der Waals surface area contributed by atoms with Crippen LogP contribution >= 0.6 is 0 Å². The molecule has 6 nitrogen and oxygen atoms in total. The van der Waals surface area contributed by atoms with E-state index in [-0.39, 0.29) is 11.9 Å². The lowest BCUT2D eigenvalue weighted by Crippen LogP contribution is -2.45. The largest absolute Gasteiger partial charge is 0.381 e. The molecule has 104 valence electrons. The fraction of sp³-hybridized carbons (Fsp3) is 0.833. The molecule has 6 heteroatoms. The summed E-state index contributed by atoms with van der Waals surface area (Å²) in [4.78, 5) is 15.9. The van der Waals surface area contributed by atoms with E-state index in [1.165, 1.54) is 0 Å². The number of ether oxygens (including phenoxy) is 1. The van der Waals surface area contributed by atoms with E-state index in [2.05, 4.69) is 17.2 Å². The molecular formula is C12H24N4O2. The molecule has 1 unspecified atom stereocenters. The molecular weight excluding hydrogens is 232 g/mol. The van der Waals surface area contributed by atoms with Crippen molar-refractivity contribution < 1.29 is 9.53 Å². The second-order valence-corrected chi connectivity index (χ2v) is 4.91. The molecule has 1 heterocycles. The van der Waals surface area contributed by atoms with Gasteiger partial charge < -0.3 is 21.5 Å². The summed E-state index contributed by atoms with van der Waals surface area (Å²) in [5.41, 5.74) is 10.7. The van der Waals surface area contributed by atoms with Crippen molar-refractivity contribution in [2.24, 2.45) is 21.9 Å². The van der Waals surface area contributed by atoms with Crippen LogP contribution in [-0.4, -0.2) is 37.7 Å². The molecule has 18 heavy (non-hydrogen) atoms. The predicted molar refractivity (Wildman–Crippen MR) is 71.1 cm³/mol. The van der Waals surface area contributed by atoms with Gasteiger partial charge in [0.15, 0.2) is 5.96 Å². The van der Waals surface area contributed by atoms with Crippen LogP contribution in [0.25, 0.3) is 0 Å². The zero-order valence-corrected chi connectivity index (χ0v) is 11.2. The van der Waals surface area contributed by atoms with Crippen LogP contribution < -0.4 is 16.8 Å². The number of nitrogens with zero attached hydrogens (tertiary/aromatic N) is 1. The van der Waals surface area contributed by atoms with E-state index in [1.54, 1.807) is 0 Å². The maximum Gasteiger partial charge on any atom is 0.225 e. The van der Waals surface area contributed by atoms with Crippen LogP contribution in [-0.2, 0) is 9.53 Å². The molecule has 0 spiro atoms. The van der Waals surface area contributed by atoms with Gasteiger partial charge in [0.1, 0.15) is 0 Å². The number of nitrogens with one attached hydrogen (secondary N) is 1. The molecule has 1 aliphatic heterocycles. The maximum atomic E-state index is 11.6. The monoisotopic (exact) mass is 256 g/mol. The van der Waals surface area contributed by atoms with Gasteiger partial charge in [0, 0.05) is 19.3 Å². The maximum absolute atomic E-state index is 11.6. The second-order valence-electron chi connectivity index (χ2n) is 4.91. The number of aliphatic imine (C=N–C) groups is 1. The molecule has 1 saturated heterocycles. The number of carbonyl (C=O) groups excluding carboxylic acids is 1. The third kappa shape index (κ3) is 3.87. The highest BCUT2D eigenvalue weighted by atomic mass is 16.5. The Morgan fingerprint density at radius 3 is 2.56 bits per heavy atom. The van der Waals surface area contributed by atoms with E-state index in [9.17, 15) is 4.79 Å². The predicted octanol–water partition coefficient (Wildman–Crippen LogP) is -0.0287. The van der Waals surface area contributed by atoms with E-state index in [1.807, 2.05) is 6.92 Å². The van der Waals surface area contributed by atoms with Gasteiger partial charge in [-0.2, -0.15) is 0 Å². The quantitative estimate of drug-likeness (QED) is 0.475. The standard InChI is InChI=1S/C12H24N4O2/c1-3-9(2)16-11(14)15-8-12(10(13)17)4-6-18-7-5-12/h9H,3-8H2,1-2H3,(H2,13,17)(H3,14,15,16). The Morgan fingerprint density at radius 1 is 1.44 bits per heavy atom. The number of rotatable bonds is 5. The Balaban J connectivity index is 2.61. The van der Waals surface area contributed by atoms with Crippen molar-refractivity contribution in [2.45, 2.75) is 39.2 Å². The minimum absolute atomic E-state index is 0.271. The lowest BCUT2D eigenvalue weighted by atomic mass is 9.79. The number of primary amides is 1. The molecule has 0 bridgehead atoms. The fourth-order valence-electron chi connectivity index (χ4n) is 1.88. The summed E-state index contributed by atoms with van der Waals surface area (Å²) in [5, 5.41) is 3.07. The van der Waals surface area contributed by atoms with Crippen molar-refractivity contribution >= 4 is 11.9 Å². The molecule has 1 rings (SSSR count). The molecule has 0 aromatic rings. The minimum Gasteiger partial charge on any atom is -0.381 e. The van der Waals surface area contributed by atoms with E-state index >= 15 is 0 Å². The number of hydrogen-bond acceptors (Lipinski definition) is 3. The average molecular weight is 256 g/mol. The molecule has 0 saturated carbocycles. The molecule has 0 radical (unpaired) electrons. The van der Waals surface area contributed by atoms with Crippen molar-refractivity contribution in [3.8, 4) is 0 Å². The Bertz CT molecular complexity index is 311. The second kappa shape index (κ2) is 6.58. The lowest BCUT2D eigenvalue weighted by Gasteiger charge is -2.32. The normalized spacial score (nSPS) is 21.3. The smallest absolute Gasteiger partial charge is 0.225 e. The van der Waals surface area contributed by atoms with Gasteiger partial charge in [-0.3, -0.25) is 9.79 Å². The van der Waals surface area contributed by atoms with Crippen LogP contribution in [0.15, 0.2) is 4.99 Å². The first-order valence-electron chi connectivity index (χ1n) is 6.44. The molecule has 0 aromatic heterocycles. The van der Waals surface area contributed by atoms with Gasteiger partial charge in [-0.25, -0.2) is 0 Å².